The lowest BCUT2D eigenvalue weighted by Gasteiger charge is -2.07. The van der Waals surface area contributed by atoms with E-state index in [0.29, 0.717) is 23.0 Å². The van der Waals surface area contributed by atoms with E-state index in [1.807, 2.05) is 30.3 Å². The molecule has 0 bridgehead atoms. The maximum atomic E-state index is 12.0. The zero-order valence-corrected chi connectivity index (χ0v) is 16.5. The quantitative estimate of drug-likeness (QED) is 0.318. The predicted molar refractivity (Wildman–Crippen MR) is 112 cm³/mol. The number of hydrogen-bond donors (Lipinski definition) is 2. The Balaban J connectivity index is 1.38. The Labute approximate surface area is 171 Å². The summed E-state index contributed by atoms with van der Waals surface area (Å²) >= 11 is 1.72. The van der Waals surface area contributed by atoms with Gasteiger partial charge in [-0.3, -0.25) is 14.4 Å². The number of H-pyrrole nitrogens is 1. The summed E-state index contributed by atoms with van der Waals surface area (Å²) in [6.45, 7) is 0.175. The number of amides is 1. The summed E-state index contributed by atoms with van der Waals surface area (Å²) in [4.78, 5) is 36.8. The molecule has 0 spiro atoms. The standard InChI is InChI=1S/C21H21N3O4S/c25-19(22-11-6-12-29-15-7-2-1-3-8-15)14-28-20(26)13-18-16-9-4-5-10-17(16)21(27)24-23-18/h1-5,7-10H,6,11-14H2,(H,22,25)(H,24,27). The van der Waals surface area contributed by atoms with Crippen LogP contribution in [-0.2, 0) is 20.7 Å². The Bertz CT molecular complexity index is 1040. The van der Waals surface area contributed by atoms with Crippen molar-refractivity contribution in [3.05, 3.63) is 70.6 Å². The Hall–Kier alpha value is -3.13. The lowest BCUT2D eigenvalue weighted by molar-refractivity contribution is -0.147. The molecule has 0 saturated carbocycles. The number of thioether (sulfide) groups is 1. The first-order valence-electron chi connectivity index (χ1n) is 9.20. The van der Waals surface area contributed by atoms with Crippen molar-refractivity contribution in [1.29, 1.82) is 0 Å². The first-order valence-corrected chi connectivity index (χ1v) is 10.2. The fourth-order valence-electron chi connectivity index (χ4n) is 2.70. The number of rotatable bonds is 9. The van der Waals surface area contributed by atoms with Gasteiger partial charge in [0.25, 0.3) is 11.5 Å². The van der Waals surface area contributed by atoms with Gasteiger partial charge in [0.2, 0.25) is 0 Å². The molecule has 0 fully saturated rings. The summed E-state index contributed by atoms with van der Waals surface area (Å²) < 4.78 is 5.03. The highest BCUT2D eigenvalue weighted by Gasteiger charge is 2.13. The third-order valence-electron chi connectivity index (χ3n) is 4.11. The molecule has 1 heterocycles. The molecule has 0 aliphatic rings. The Morgan fingerprint density at radius 3 is 2.55 bits per heavy atom. The lowest BCUT2D eigenvalue weighted by atomic mass is 10.1. The van der Waals surface area contributed by atoms with Gasteiger partial charge in [0.05, 0.1) is 17.5 Å². The van der Waals surface area contributed by atoms with Crippen LogP contribution in [-0.4, -0.2) is 41.0 Å². The summed E-state index contributed by atoms with van der Waals surface area (Å²) in [7, 11) is 0. The molecular weight excluding hydrogens is 390 g/mol. The number of aromatic nitrogens is 2. The van der Waals surface area contributed by atoms with Crippen LogP contribution in [0.25, 0.3) is 10.8 Å². The first kappa shape index (κ1) is 20.6. The minimum absolute atomic E-state index is 0.127. The van der Waals surface area contributed by atoms with Gasteiger partial charge in [0, 0.05) is 16.8 Å². The van der Waals surface area contributed by atoms with E-state index in [9.17, 15) is 14.4 Å². The van der Waals surface area contributed by atoms with E-state index in [1.165, 1.54) is 4.90 Å². The van der Waals surface area contributed by atoms with Crippen LogP contribution in [0.1, 0.15) is 12.1 Å². The largest absolute Gasteiger partial charge is 0.455 e. The van der Waals surface area contributed by atoms with Crippen LogP contribution in [0.4, 0.5) is 0 Å². The second-order valence-corrected chi connectivity index (χ2v) is 7.42. The minimum Gasteiger partial charge on any atom is -0.455 e. The third-order valence-corrected chi connectivity index (χ3v) is 5.20. The molecule has 7 nitrogen and oxygen atoms in total. The van der Waals surface area contributed by atoms with Gasteiger partial charge >= 0.3 is 5.97 Å². The van der Waals surface area contributed by atoms with Gasteiger partial charge in [-0.1, -0.05) is 36.4 Å². The van der Waals surface area contributed by atoms with E-state index < -0.39 is 5.97 Å². The molecule has 1 aromatic heterocycles. The molecule has 2 N–H and O–H groups in total. The molecule has 150 valence electrons. The molecule has 8 heteroatoms. The highest BCUT2D eigenvalue weighted by atomic mass is 32.2. The summed E-state index contributed by atoms with van der Waals surface area (Å²) in [5, 5.41) is 10.1. The molecule has 0 saturated heterocycles. The first-order chi connectivity index (χ1) is 14.1. The molecule has 3 rings (SSSR count). The molecule has 1 amide bonds. The minimum atomic E-state index is -0.579. The van der Waals surface area contributed by atoms with Crippen molar-refractivity contribution < 1.29 is 14.3 Å². The SMILES string of the molecule is O=C(COC(=O)Cc1n[nH]c(=O)c2ccccc12)NCCCSc1ccccc1. The molecular formula is C21H21N3O4S. The molecule has 29 heavy (non-hydrogen) atoms. The fraction of sp³-hybridized carbons (Fsp3) is 0.238. The van der Waals surface area contributed by atoms with Crippen LogP contribution in [0.2, 0.25) is 0 Å². The Morgan fingerprint density at radius 2 is 1.76 bits per heavy atom. The van der Waals surface area contributed by atoms with Crippen LogP contribution in [0.5, 0.6) is 0 Å². The Kier molecular flexibility index (Phi) is 7.40. The zero-order chi connectivity index (χ0) is 20.5. The van der Waals surface area contributed by atoms with Crippen molar-refractivity contribution in [3.8, 4) is 0 Å². The summed E-state index contributed by atoms with van der Waals surface area (Å²) in [6.07, 6.45) is 0.685. The number of carbonyl (C=O) groups excluding carboxylic acids is 2. The van der Waals surface area contributed by atoms with Gasteiger partial charge in [-0.25, -0.2) is 5.10 Å². The number of hydrogen-bond acceptors (Lipinski definition) is 6. The van der Waals surface area contributed by atoms with E-state index in [1.54, 1.807) is 36.0 Å². The van der Waals surface area contributed by atoms with Crippen molar-refractivity contribution >= 4 is 34.4 Å². The number of benzene rings is 2. The van der Waals surface area contributed by atoms with Crippen LogP contribution < -0.4 is 10.9 Å². The van der Waals surface area contributed by atoms with E-state index in [4.69, 9.17) is 4.74 Å². The number of ether oxygens (including phenoxy) is 1. The maximum Gasteiger partial charge on any atom is 0.312 e. The molecule has 2 aromatic carbocycles. The molecule has 0 aliphatic carbocycles. The molecule has 0 radical (unpaired) electrons. The maximum absolute atomic E-state index is 12.0. The van der Waals surface area contributed by atoms with E-state index >= 15 is 0 Å². The zero-order valence-electron chi connectivity index (χ0n) is 15.7. The normalized spacial score (nSPS) is 10.6. The topological polar surface area (TPSA) is 101 Å². The summed E-state index contributed by atoms with van der Waals surface area (Å²) in [5.74, 6) is -0.0403. The number of esters is 1. The number of nitrogens with one attached hydrogen (secondary N) is 2. The van der Waals surface area contributed by atoms with Crippen molar-refractivity contribution in [2.24, 2.45) is 0 Å². The van der Waals surface area contributed by atoms with Gasteiger partial charge in [-0.2, -0.15) is 5.10 Å². The number of carbonyl (C=O) groups is 2. The van der Waals surface area contributed by atoms with E-state index in [0.717, 1.165) is 12.2 Å². The van der Waals surface area contributed by atoms with Gasteiger partial charge < -0.3 is 10.1 Å². The highest BCUT2D eigenvalue weighted by Crippen LogP contribution is 2.17. The van der Waals surface area contributed by atoms with Gasteiger partial charge in [0.15, 0.2) is 6.61 Å². The van der Waals surface area contributed by atoms with Crippen molar-refractivity contribution in [1.82, 2.24) is 15.5 Å². The summed E-state index contributed by atoms with van der Waals surface area (Å²) in [6, 6.07) is 16.9. The van der Waals surface area contributed by atoms with E-state index in [-0.39, 0.29) is 24.5 Å². The van der Waals surface area contributed by atoms with Crippen LogP contribution in [0.3, 0.4) is 0 Å². The number of aromatic amines is 1. The average Bonchev–Trinajstić information content (AvgIpc) is 2.75. The second kappa shape index (κ2) is 10.4. The molecule has 0 aliphatic heterocycles. The summed E-state index contributed by atoms with van der Waals surface area (Å²) in [5.41, 5.74) is 0.0890. The van der Waals surface area contributed by atoms with Crippen molar-refractivity contribution in [2.45, 2.75) is 17.7 Å². The fourth-order valence-corrected chi connectivity index (χ4v) is 3.57. The second-order valence-electron chi connectivity index (χ2n) is 6.25. The molecule has 0 atom stereocenters. The predicted octanol–water partition coefficient (Wildman–Crippen LogP) is 2.31. The number of fused-ring (bicyclic) bond motifs is 1. The van der Waals surface area contributed by atoms with Crippen molar-refractivity contribution in [3.63, 3.8) is 0 Å². The van der Waals surface area contributed by atoms with Crippen molar-refractivity contribution in [2.75, 3.05) is 18.9 Å². The molecule has 3 aromatic rings. The number of nitrogens with zero attached hydrogens (tertiary/aromatic N) is 1. The monoisotopic (exact) mass is 411 g/mol. The highest BCUT2D eigenvalue weighted by molar-refractivity contribution is 7.99. The van der Waals surface area contributed by atoms with Gasteiger partial charge in [-0.15, -0.1) is 11.8 Å². The lowest BCUT2D eigenvalue weighted by Crippen LogP contribution is -2.30. The van der Waals surface area contributed by atoms with Crippen LogP contribution in [0, 0.1) is 0 Å². The third kappa shape index (κ3) is 6.18. The smallest absolute Gasteiger partial charge is 0.312 e. The average molecular weight is 411 g/mol. The van der Waals surface area contributed by atoms with E-state index in [2.05, 4.69) is 15.5 Å². The van der Waals surface area contributed by atoms with Crippen LogP contribution in [0.15, 0.2) is 64.3 Å². The Morgan fingerprint density at radius 1 is 1.03 bits per heavy atom. The van der Waals surface area contributed by atoms with Crippen LogP contribution >= 0.6 is 11.8 Å². The molecule has 0 unspecified atom stereocenters. The van der Waals surface area contributed by atoms with Gasteiger partial charge in [-0.05, 0) is 30.4 Å². The van der Waals surface area contributed by atoms with Gasteiger partial charge in [0.1, 0.15) is 0 Å².